The fraction of sp³-hybridized carbons (Fsp3) is 0.0980. The molecule has 0 unspecified atom stereocenters. The third-order valence-corrected chi connectivity index (χ3v) is 8.91. The van der Waals surface area contributed by atoms with Crippen molar-refractivity contribution in [3.8, 4) is 0 Å². The number of hydrogen-bond acceptors (Lipinski definition) is 1. The van der Waals surface area contributed by atoms with Crippen LogP contribution in [0.25, 0.3) is 30.4 Å². The van der Waals surface area contributed by atoms with Gasteiger partial charge >= 0.3 is 0 Å². The summed E-state index contributed by atoms with van der Waals surface area (Å²) < 4.78 is 0. The Morgan fingerprint density at radius 1 is 0.385 bits per heavy atom. The first-order valence-corrected chi connectivity index (χ1v) is 18.1. The molecule has 6 rings (SSSR count). The number of hydrogen-bond donors (Lipinski definition) is 0. The minimum Gasteiger partial charge on any atom is -0.311 e. The average molecular weight is 674 g/mol. The summed E-state index contributed by atoms with van der Waals surface area (Å²) in [6, 6.07) is 52.3. The van der Waals surface area contributed by atoms with E-state index < -0.39 is 0 Å². The number of anilines is 3. The highest BCUT2D eigenvalue weighted by Gasteiger charge is 2.12. The standard InChI is InChI=1S/C51H47N/c1-40-13-10-22-46(37-40)19-7-4-16-43-25-31-49(32-26-43)52(50-33-27-44(28-34-50)17-5-8-20-47-23-11-14-41(2)38-47)51-35-29-45(30-36-51)18-6-9-21-48-24-12-15-42(3)39-48/h4-5,7-17,19-39H,6,18H2,1-3H3/b16-4+,17-5+,19-7+,20-8+,21-9+. The first-order valence-electron chi connectivity index (χ1n) is 18.1. The molecule has 0 saturated carbocycles. The Bertz CT molecular complexity index is 2080. The maximum absolute atomic E-state index is 2.33. The van der Waals surface area contributed by atoms with E-state index in [1.165, 1.54) is 38.9 Å². The Hall–Kier alpha value is -6.18. The molecule has 0 N–H and O–H groups in total. The van der Waals surface area contributed by atoms with Gasteiger partial charge in [0.15, 0.2) is 0 Å². The second-order valence-electron chi connectivity index (χ2n) is 13.3. The maximum Gasteiger partial charge on any atom is 0.0462 e. The van der Waals surface area contributed by atoms with E-state index in [9.17, 15) is 0 Å². The van der Waals surface area contributed by atoms with Crippen LogP contribution in [0.15, 0.2) is 176 Å². The molecule has 0 aliphatic carbocycles. The van der Waals surface area contributed by atoms with Crippen molar-refractivity contribution in [2.75, 3.05) is 4.90 Å². The van der Waals surface area contributed by atoms with Crippen LogP contribution in [-0.2, 0) is 6.42 Å². The normalized spacial score (nSPS) is 11.9. The molecule has 0 bridgehead atoms. The van der Waals surface area contributed by atoms with Gasteiger partial charge in [-0.05, 0) is 103 Å². The van der Waals surface area contributed by atoms with Gasteiger partial charge in [0, 0.05) is 17.1 Å². The van der Waals surface area contributed by atoms with Gasteiger partial charge in [-0.3, -0.25) is 0 Å². The van der Waals surface area contributed by atoms with E-state index in [0.29, 0.717) is 0 Å². The van der Waals surface area contributed by atoms with Crippen molar-refractivity contribution in [2.24, 2.45) is 0 Å². The van der Waals surface area contributed by atoms with Crippen molar-refractivity contribution >= 4 is 47.4 Å². The predicted octanol–water partition coefficient (Wildman–Crippen LogP) is 14.2. The van der Waals surface area contributed by atoms with Crippen molar-refractivity contribution in [2.45, 2.75) is 33.6 Å². The summed E-state index contributed by atoms with van der Waals surface area (Å²) in [5.41, 5.74) is 14.5. The summed E-state index contributed by atoms with van der Waals surface area (Å²) in [5.74, 6) is 0. The molecule has 0 spiro atoms. The first-order chi connectivity index (χ1) is 25.5. The SMILES string of the molecule is Cc1cccc(/C=C/C=C/c2ccc(N(c3ccc(/C=C/C=C/c4cccc(C)c4)cc3)c3ccc(CC/C=C/c4cccc(C)c4)cc3)cc2)c1. The fourth-order valence-corrected chi connectivity index (χ4v) is 6.19. The molecule has 0 aliphatic rings. The summed E-state index contributed by atoms with van der Waals surface area (Å²) in [7, 11) is 0. The van der Waals surface area contributed by atoms with Crippen molar-refractivity contribution < 1.29 is 0 Å². The number of benzene rings is 6. The summed E-state index contributed by atoms with van der Waals surface area (Å²) in [6.45, 7) is 6.38. The largest absolute Gasteiger partial charge is 0.311 e. The van der Waals surface area contributed by atoms with Crippen LogP contribution in [0.3, 0.4) is 0 Å². The van der Waals surface area contributed by atoms with E-state index in [4.69, 9.17) is 0 Å². The van der Waals surface area contributed by atoms with Crippen molar-refractivity contribution in [3.63, 3.8) is 0 Å². The lowest BCUT2D eigenvalue weighted by Gasteiger charge is -2.26. The highest BCUT2D eigenvalue weighted by atomic mass is 15.1. The Labute approximate surface area is 311 Å². The van der Waals surface area contributed by atoms with Gasteiger partial charge in [-0.2, -0.15) is 0 Å². The summed E-state index contributed by atoms with van der Waals surface area (Å²) in [6.07, 6.45) is 23.5. The maximum atomic E-state index is 2.33. The van der Waals surface area contributed by atoms with E-state index in [0.717, 1.165) is 41.0 Å². The van der Waals surface area contributed by atoms with Crippen LogP contribution in [0.5, 0.6) is 0 Å². The quantitative estimate of drug-likeness (QED) is 0.110. The van der Waals surface area contributed by atoms with Gasteiger partial charge in [-0.15, -0.1) is 0 Å². The molecule has 0 heterocycles. The van der Waals surface area contributed by atoms with Gasteiger partial charge < -0.3 is 4.90 Å². The zero-order valence-corrected chi connectivity index (χ0v) is 30.5. The minimum absolute atomic E-state index is 1.00. The van der Waals surface area contributed by atoms with E-state index in [-0.39, 0.29) is 0 Å². The van der Waals surface area contributed by atoms with Crippen LogP contribution < -0.4 is 4.90 Å². The number of allylic oxidation sites excluding steroid dienone is 5. The van der Waals surface area contributed by atoms with E-state index in [1.807, 2.05) is 0 Å². The molecule has 1 nitrogen and oxygen atoms in total. The zero-order chi connectivity index (χ0) is 36.0. The molecule has 0 atom stereocenters. The summed E-state index contributed by atoms with van der Waals surface area (Å²) >= 11 is 0. The topological polar surface area (TPSA) is 3.24 Å². The second kappa shape index (κ2) is 18.2. The molecule has 0 fully saturated rings. The molecular formula is C51H47N. The molecule has 0 aliphatic heterocycles. The summed E-state index contributed by atoms with van der Waals surface area (Å²) in [5, 5.41) is 0. The lowest BCUT2D eigenvalue weighted by Crippen LogP contribution is -2.10. The predicted molar refractivity (Wildman–Crippen MR) is 228 cm³/mol. The molecule has 1 heteroatoms. The van der Waals surface area contributed by atoms with Crippen molar-refractivity contribution in [1.29, 1.82) is 0 Å². The highest BCUT2D eigenvalue weighted by molar-refractivity contribution is 5.78. The van der Waals surface area contributed by atoms with E-state index in [2.05, 4.69) is 232 Å². The first kappa shape index (κ1) is 35.6. The highest BCUT2D eigenvalue weighted by Crippen LogP contribution is 2.35. The summed E-state index contributed by atoms with van der Waals surface area (Å²) in [4.78, 5) is 2.33. The molecule has 6 aromatic rings. The van der Waals surface area contributed by atoms with Crippen LogP contribution >= 0.6 is 0 Å². The molecule has 52 heavy (non-hydrogen) atoms. The number of rotatable bonds is 13. The van der Waals surface area contributed by atoms with Gasteiger partial charge in [0.25, 0.3) is 0 Å². The molecule has 0 radical (unpaired) electrons. The van der Waals surface area contributed by atoms with Gasteiger partial charge in [0.2, 0.25) is 0 Å². The smallest absolute Gasteiger partial charge is 0.0462 e. The van der Waals surface area contributed by atoms with Gasteiger partial charge in [-0.1, -0.05) is 187 Å². The van der Waals surface area contributed by atoms with Crippen molar-refractivity contribution in [3.05, 3.63) is 226 Å². The molecule has 0 saturated heterocycles. The van der Waals surface area contributed by atoms with E-state index >= 15 is 0 Å². The molecular weight excluding hydrogens is 627 g/mol. The second-order valence-corrected chi connectivity index (χ2v) is 13.3. The molecule has 0 aromatic heterocycles. The fourth-order valence-electron chi connectivity index (χ4n) is 6.19. The zero-order valence-electron chi connectivity index (χ0n) is 30.5. The minimum atomic E-state index is 1.00. The van der Waals surface area contributed by atoms with Crippen molar-refractivity contribution in [1.82, 2.24) is 0 Å². The monoisotopic (exact) mass is 673 g/mol. The van der Waals surface area contributed by atoms with Gasteiger partial charge in [0.05, 0.1) is 0 Å². The van der Waals surface area contributed by atoms with Crippen LogP contribution in [0.2, 0.25) is 0 Å². The van der Waals surface area contributed by atoms with Crippen LogP contribution in [0, 0.1) is 20.8 Å². The van der Waals surface area contributed by atoms with E-state index in [1.54, 1.807) is 0 Å². The molecule has 256 valence electrons. The number of aryl methyl sites for hydroxylation is 4. The lowest BCUT2D eigenvalue weighted by molar-refractivity contribution is 1.00. The van der Waals surface area contributed by atoms with Gasteiger partial charge in [-0.25, -0.2) is 0 Å². The molecule has 6 aromatic carbocycles. The lowest BCUT2D eigenvalue weighted by atomic mass is 10.1. The van der Waals surface area contributed by atoms with Crippen LogP contribution in [-0.4, -0.2) is 0 Å². The van der Waals surface area contributed by atoms with Crippen LogP contribution in [0.4, 0.5) is 17.1 Å². The number of nitrogens with zero attached hydrogens (tertiary/aromatic N) is 1. The molecule has 0 amide bonds. The average Bonchev–Trinajstić information content (AvgIpc) is 3.16. The Kier molecular flexibility index (Phi) is 12.5. The Morgan fingerprint density at radius 3 is 1.15 bits per heavy atom. The van der Waals surface area contributed by atoms with Gasteiger partial charge in [0.1, 0.15) is 0 Å². The van der Waals surface area contributed by atoms with Crippen LogP contribution in [0.1, 0.15) is 56.5 Å². The Balaban J connectivity index is 1.18. The third-order valence-electron chi connectivity index (χ3n) is 8.91. The Morgan fingerprint density at radius 2 is 0.750 bits per heavy atom. The third kappa shape index (κ3) is 10.7.